The summed E-state index contributed by atoms with van der Waals surface area (Å²) in [5.41, 5.74) is 16.5. The average Bonchev–Trinajstić information content (AvgIpc) is 3.84. The Balaban J connectivity index is 1.36. The highest BCUT2D eigenvalue weighted by atomic mass is 15.1. The third-order valence-electron chi connectivity index (χ3n) is 12.5. The molecule has 2 aromatic heterocycles. The van der Waals surface area contributed by atoms with Gasteiger partial charge in [0.15, 0.2) is 0 Å². The third kappa shape index (κ3) is 3.75. The van der Waals surface area contributed by atoms with Crippen molar-refractivity contribution in [1.82, 2.24) is 9.13 Å². The summed E-state index contributed by atoms with van der Waals surface area (Å²) in [5, 5.41) is 15.0. The van der Waals surface area contributed by atoms with E-state index in [4.69, 9.17) is 6.57 Å². The maximum atomic E-state index is 10.4. The number of hydrogen-bond acceptors (Lipinski definition) is 1. The molecule has 2 aliphatic rings. The molecule has 0 N–H and O–H groups in total. The van der Waals surface area contributed by atoms with Gasteiger partial charge in [-0.3, -0.25) is 0 Å². The number of aromatic nitrogens is 2. The lowest BCUT2D eigenvalue weighted by atomic mass is 9.81. The van der Waals surface area contributed by atoms with Crippen LogP contribution in [0.15, 0.2) is 133 Å². The van der Waals surface area contributed by atoms with Crippen LogP contribution < -0.4 is 0 Å². The van der Waals surface area contributed by atoms with Gasteiger partial charge in [0.05, 0.1) is 46.1 Å². The lowest BCUT2D eigenvalue weighted by Gasteiger charge is -2.22. The predicted octanol–water partition coefficient (Wildman–Crippen LogP) is 12.9. The topological polar surface area (TPSA) is 38.0 Å². The second kappa shape index (κ2) is 10.4. The van der Waals surface area contributed by atoms with Crippen molar-refractivity contribution in [3.8, 4) is 39.7 Å². The van der Waals surface area contributed by atoms with Crippen molar-refractivity contribution in [2.75, 3.05) is 0 Å². The minimum atomic E-state index is -0.215. The highest BCUT2D eigenvalue weighted by Gasteiger charge is 2.39. The number of nitrogens with zero attached hydrogens (tertiary/aromatic N) is 4. The Kier molecular flexibility index (Phi) is 5.90. The number of fused-ring (bicyclic) bond motifs is 12. The molecule has 4 heteroatoms. The molecule has 4 nitrogen and oxygen atoms in total. The van der Waals surface area contributed by atoms with Crippen molar-refractivity contribution in [3.63, 3.8) is 0 Å². The van der Waals surface area contributed by atoms with Crippen LogP contribution in [0.3, 0.4) is 0 Å². The van der Waals surface area contributed by atoms with Gasteiger partial charge in [0, 0.05) is 37.9 Å². The minimum absolute atomic E-state index is 0.176. The average molecular weight is 691 g/mol. The monoisotopic (exact) mass is 690 g/mol. The van der Waals surface area contributed by atoms with Crippen LogP contribution in [0.4, 0.5) is 5.69 Å². The van der Waals surface area contributed by atoms with E-state index in [1.165, 1.54) is 44.5 Å². The molecule has 9 aromatic rings. The van der Waals surface area contributed by atoms with Crippen molar-refractivity contribution in [3.05, 3.63) is 173 Å². The number of nitriles is 1. The third-order valence-corrected chi connectivity index (χ3v) is 12.5. The quantitative estimate of drug-likeness (QED) is 0.166. The second-order valence-electron chi connectivity index (χ2n) is 16.0. The van der Waals surface area contributed by atoms with Gasteiger partial charge in [-0.2, -0.15) is 5.26 Å². The Morgan fingerprint density at radius 2 is 1.02 bits per heavy atom. The summed E-state index contributed by atoms with van der Waals surface area (Å²) in [5.74, 6) is 0. The summed E-state index contributed by atoms with van der Waals surface area (Å²) >= 11 is 0. The standard InChI is InChI=1S/C50H34N4/c1-49(2)39-19-11-7-15-31(39)35-26-45-37(25-40(35)49)36-24-34-30-14-6-10-18-38(30)50(3,4)41(34)27-46(36)54(45)48-42(52-5)22-29(28-51)23-47(48)53-43-20-12-8-16-32(43)33-17-9-13-21-44(33)53/h6-27H,1-4H3. The summed E-state index contributed by atoms with van der Waals surface area (Å²) in [6.45, 7) is 18.0. The van der Waals surface area contributed by atoms with E-state index in [-0.39, 0.29) is 10.8 Å². The molecule has 0 radical (unpaired) electrons. The van der Waals surface area contributed by atoms with E-state index in [0.29, 0.717) is 11.3 Å². The zero-order valence-electron chi connectivity index (χ0n) is 30.5. The molecule has 0 saturated heterocycles. The molecule has 7 aromatic carbocycles. The van der Waals surface area contributed by atoms with Crippen molar-refractivity contribution in [1.29, 1.82) is 5.26 Å². The Hall–Kier alpha value is -6.88. The number of para-hydroxylation sites is 2. The zero-order valence-corrected chi connectivity index (χ0v) is 30.5. The molecule has 0 fully saturated rings. The van der Waals surface area contributed by atoms with E-state index in [2.05, 4.69) is 169 Å². The van der Waals surface area contributed by atoms with Gasteiger partial charge in [0.1, 0.15) is 0 Å². The van der Waals surface area contributed by atoms with Crippen LogP contribution in [0.25, 0.3) is 82.1 Å². The molecule has 2 aliphatic carbocycles. The molecule has 11 rings (SSSR count). The molecular formula is C50H34N4. The fourth-order valence-corrected chi connectivity index (χ4v) is 9.98. The first-order valence-electron chi connectivity index (χ1n) is 18.5. The molecule has 0 saturated carbocycles. The van der Waals surface area contributed by atoms with Gasteiger partial charge in [-0.25, -0.2) is 4.85 Å². The van der Waals surface area contributed by atoms with Crippen LogP contribution >= 0.6 is 0 Å². The van der Waals surface area contributed by atoms with Crippen LogP contribution in [-0.2, 0) is 10.8 Å². The Morgan fingerprint density at radius 1 is 0.500 bits per heavy atom. The fourth-order valence-electron chi connectivity index (χ4n) is 9.98. The zero-order chi connectivity index (χ0) is 36.7. The van der Waals surface area contributed by atoms with E-state index >= 15 is 0 Å². The molecule has 2 heterocycles. The maximum absolute atomic E-state index is 10.4. The van der Waals surface area contributed by atoms with Gasteiger partial charge < -0.3 is 9.13 Å². The van der Waals surface area contributed by atoms with Crippen molar-refractivity contribution in [2.24, 2.45) is 0 Å². The van der Waals surface area contributed by atoms with Gasteiger partial charge in [-0.05, 0) is 93.0 Å². The van der Waals surface area contributed by atoms with Crippen LogP contribution in [-0.4, -0.2) is 9.13 Å². The van der Waals surface area contributed by atoms with Crippen LogP contribution in [0.1, 0.15) is 55.5 Å². The van der Waals surface area contributed by atoms with Crippen LogP contribution in [0.2, 0.25) is 0 Å². The predicted molar refractivity (Wildman–Crippen MR) is 221 cm³/mol. The van der Waals surface area contributed by atoms with E-state index < -0.39 is 0 Å². The number of rotatable bonds is 2. The van der Waals surface area contributed by atoms with E-state index in [1.54, 1.807) is 6.07 Å². The molecule has 0 atom stereocenters. The number of benzene rings is 7. The van der Waals surface area contributed by atoms with Gasteiger partial charge in [0.25, 0.3) is 0 Å². The second-order valence-corrected chi connectivity index (χ2v) is 16.0. The highest BCUT2D eigenvalue weighted by Crippen LogP contribution is 2.54. The number of hydrogen-bond donors (Lipinski definition) is 0. The van der Waals surface area contributed by atoms with E-state index in [0.717, 1.165) is 55.0 Å². The van der Waals surface area contributed by atoms with Crippen molar-refractivity contribution >= 4 is 49.3 Å². The largest absolute Gasteiger partial charge is 0.317 e. The molecule has 0 spiro atoms. The SMILES string of the molecule is [C-]#[N+]c1cc(C#N)cc(-n2c3ccccc3c3ccccc32)c1-n1c2cc3c(cc2c2cc4c(cc21)C(C)(C)c1ccccc1-4)C(C)(C)c1ccccc1-3. The molecule has 0 aliphatic heterocycles. The first-order valence-corrected chi connectivity index (χ1v) is 18.5. The highest BCUT2D eigenvalue weighted by molar-refractivity contribution is 6.15. The van der Waals surface area contributed by atoms with Crippen LogP contribution in [0, 0.1) is 17.9 Å². The van der Waals surface area contributed by atoms with Crippen molar-refractivity contribution < 1.29 is 0 Å². The Labute approximate surface area is 313 Å². The summed E-state index contributed by atoms with van der Waals surface area (Å²) < 4.78 is 4.59. The van der Waals surface area contributed by atoms with Crippen molar-refractivity contribution in [2.45, 2.75) is 38.5 Å². The van der Waals surface area contributed by atoms with Gasteiger partial charge in [0.2, 0.25) is 5.69 Å². The smallest absolute Gasteiger partial charge is 0.214 e. The lowest BCUT2D eigenvalue weighted by Crippen LogP contribution is -2.15. The first kappa shape index (κ1) is 30.7. The summed E-state index contributed by atoms with van der Waals surface area (Å²) in [7, 11) is 0. The van der Waals surface area contributed by atoms with Gasteiger partial charge in [-0.1, -0.05) is 113 Å². The first-order chi connectivity index (χ1) is 26.2. The van der Waals surface area contributed by atoms with Gasteiger partial charge >= 0.3 is 0 Å². The summed E-state index contributed by atoms with van der Waals surface area (Å²) in [6, 6.07) is 50.1. The fraction of sp³-hybridized carbons (Fsp3) is 0.120. The molecule has 54 heavy (non-hydrogen) atoms. The Morgan fingerprint density at radius 3 is 1.63 bits per heavy atom. The molecule has 254 valence electrons. The summed E-state index contributed by atoms with van der Waals surface area (Å²) in [6.07, 6.45) is 0. The maximum Gasteiger partial charge on any atom is 0.214 e. The molecule has 0 unspecified atom stereocenters. The summed E-state index contributed by atoms with van der Waals surface area (Å²) in [4.78, 5) is 4.21. The normalized spacial score (nSPS) is 14.6. The molecule has 0 amide bonds. The molecule has 0 bridgehead atoms. The van der Waals surface area contributed by atoms with E-state index in [9.17, 15) is 5.26 Å². The van der Waals surface area contributed by atoms with Crippen LogP contribution in [0.5, 0.6) is 0 Å². The van der Waals surface area contributed by atoms with E-state index in [1.807, 2.05) is 6.07 Å². The Bertz CT molecular complexity index is 3190. The minimum Gasteiger partial charge on any atom is -0.317 e. The lowest BCUT2D eigenvalue weighted by molar-refractivity contribution is 0.661. The van der Waals surface area contributed by atoms with Gasteiger partial charge in [-0.15, -0.1) is 0 Å². The molecular weight excluding hydrogens is 657 g/mol.